The molecule has 2 rings (SSSR count). The Bertz CT molecular complexity index is 596. The third kappa shape index (κ3) is 2.53. The lowest BCUT2D eigenvalue weighted by Gasteiger charge is -2.05. The standard InChI is InChI=1S/C14H13FN2O/c1-9-4-5-12(15)11(7-9)13(18)8-10-3-2-6-17-14(10)16/h2-7H,8H2,1H3,(H2,16,17). The number of benzene rings is 1. The highest BCUT2D eigenvalue weighted by atomic mass is 19.1. The molecular formula is C14H13FN2O. The van der Waals surface area contributed by atoms with Gasteiger partial charge in [-0.3, -0.25) is 4.79 Å². The summed E-state index contributed by atoms with van der Waals surface area (Å²) in [6.07, 6.45) is 1.61. The Morgan fingerprint density at radius 3 is 2.89 bits per heavy atom. The van der Waals surface area contributed by atoms with Gasteiger partial charge in [0.05, 0.1) is 5.56 Å². The molecule has 0 fully saturated rings. The molecule has 0 spiro atoms. The van der Waals surface area contributed by atoms with E-state index in [0.717, 1.165) is 5.56 Å². The molecule has 2 aromatic rings. The number of ketones is 1. The number of hydrogen-bond acceptors (Lipinski definition) is 3. The molecule has 1 heterocycles. The van der Waals surface area contributed by atoms with E-state index in [1.54, 1.807) is 30.5 Å². The van der Waals surface area contributed by atoms with Crippen LogP contribution in [0.3, 0.4) is 0 Å². The third-order valence-electron chi connectivity index (χ3n) is 2.70. The maximum absolute atomic E-state index is 13.6. The Kier molecular flexibility index (Phi) is 3.37. The van der Waals surface area contributed by atoms with Gasteiger partial charge in [-0.05, 0) is 25.1 Å². The molecule has 0 radical (unpaired) electrons. The summed E-state index contributed by atoms with van der Waals surface area (Å²) in [4.78, 5) is 15.9. The molecule has 4 heteroatoms. The monoisotopic (exact) mass is 244 g/mol. The van der Waals surface area contributed by atoms with Crippen LogP contribution in [0, 0.1) is 12.7 Å². The summed E-state index contributed by atoms with van der Waals surface area (Å²) in [5.74, 6) is -0.497. The first-order chi connectivity index (χ1) is 8.58. The zero-order valence-corrected chi connectivity index (χ0v) is 9.98. The number of rotatable bonds is 3. The first kappa shape index (κ1) is 12.2. The number of aryl methyl sites for hydroxylation is 1. The molecule has 92 valence electrons. The quantitative estimate of drug-likeness (QED) is 0.844. The number of carbonyl (C=O) groups excluding carboxylic acids is 1. The Balaban J connectivity index is 2.28. The topological polar surface area (TPSA) is 56.0 Å². The summed E-state index contributed by atoms with van der Waals surface area (Å²) in [7, 11) is 0. The van der Waals surface area contributed by atoms with E-state index in [4.69, 9.17) is 5.73 Å². The second-order valence-electron chi connectivity index (χ2n) is 4.13. The number of carbonyl (C=O) groups is 1. The van der Waals surface area contributed by atoms with E-state index in [1.165, 1.54) is 6.07 Å². The van der Waals surface area contributed by atoms with Crippen molar-refractivity contribution in [3.05, 3.63) is 59.0 Å². The van der Waals surface area contributed by atoms with E-state index >= 15 is 0 Å². The number of halogens is 1. The first-order valence-corrected chi connectivity index (χ1v) is 5.56. The lowest BCUT2D eigenvalue weighted by molar-refractivity contribution is 0.0989. The van der Waals surface area contributed by atoms with Crippen molar-refractivity contribution in [3.63, 3.8) is 0 Å². The summed E-state index contributed by atoms with van der Waals surface area (Å²) in [6.45, 7) is 1.81. The SMILES string of the molecule is Cc1ccc(F)c(C(=O)Cc2cccnc2N)c1. The Morgan fingerprint density at radius 1 is 1.39 bits per heavy atom. The van der Waals surface area contributed by atoms with Crippen molar-refractivity contribution >= 4 is 11.6 Å². The van der Waals surface area contributed by atoms with Crippen LogP contribution >= 0.6 is 0 Å². The summed E-state index contributed by atoms with van der Waals surface area (Å²) < 4.78 is 13.6. The van der Waals surface area contributed by atoms with E-state index in [-0.39, 0.29) is 17.8 Å². The Hall–Kier alpha value is -2.23. The average Bonchev–Trinajstić information content (AvgIpc) is 2.35. The van der Waals surface area contributed by atoms with Crippen LogP contribution in [0.2, 0.25) is 0 Å². The van der Waals surface area contributed by atoms with E-state index < -0.39 is 5.82 Å². The molecule has 0 saturated carbocycles. The Labute approximate surface area is 104 Å². The molecule has 0 unspecified atom stereocenters. The molecule has 0 saturated heterocycles. The number of nitrogens with two attached hydrogens (primary N) is 1. The van der Waals surface area contributed by atoms with Gasteiger partial charge < -0.3 is 5.73 Å². The van der Waals surface area contributed by atoms with Crippen LogP contribution < -0.4 is 5.73 Å². The summed E-state index contributed by atoms with van der Waals surface area (Å²) in [6, 6.07) is 7.89. The number of nitrogen functional groups attached to an aromatic ring is 1. The van der Waals surface area contributed by atoms with Crippen LogP contribution in [0.4, 0.5) is 10.2 Å². The van der Waals surface area contributed by atoms with Crippen molar-refractivity contribution in [1.29, 1.82) is 0 Å². The van der Waals surface area contributed by atoms with E-state index in [0.29, 0.717) is 11.4 Å². The number of hydrogen-bond donors (Lipinski definition) is 1. The summed E-state index contributed by atoms with van der Waals surface area (Å²) in [5, 5.41) is 0. The maximum atomic E-state index is 13.6. The van der Waals surface area contributed by atoms with Crippen molar-refractivity contribution in [2.75, 3.05) is 5.73 Å². The summed E-state index contributed by atoms with van der Waals surface area (Å²) >= 11 is 0. The van der Waals surface area contributed by atoms with Crippen molar-refractivity contribution < 1.29 is 9.18 Å². The summed E-state index contributed by atoms with van der Waals surface area (Å²) in [5.41, 5.74) is 7.21. The second-order valence-corrected chi connectivity index (χ2v) is 4.13. The van der Waals surface area contributed by atoms with Crippen molar-refractivity contribution in [1.82, 2.24) is 4.98 Å². The molecule has 1 aromatic heterocycles. The van der Waals surface area contributed by atoms with Crippen LogP contribution in [0.5, 0.6) is 0 Å². The van der Waals surface area contributed by atoms with Gasteiger partial charge >= 0.3 is 0 Å². The van der Waals surface area contributed by atoms with Crippen LogP contribution in [-0.2, 0) is 6.42 Å². The fourth-order valence-corrected chi connectivity index (χ4v) is 1.72. The fraction of sp³-hybridized carbons (Fsp3) is 0.143. The largest absolute Gasteiger partial charge is 0.383 e. The van der Waals surface area contributed by atoms with Gasteiger partial charge in [-0.15, -0.1) is 0 Å². The molecule has 0 aliphatic heterocycles. The predicted octanol–water partition coefficient (Wildman–Crippen LogP) is 2.54. The molecule has 3 nitrogen and oxygen atoms in total. The minimum absolute atomic E-state index is 0.0556. The van der Waals surface area contributed by atoms with E-state index in [9.17, 15) is 9.18 Å². The van der Waals surface area contributed by atoms with Crippen molar-refractivity contribution in [2.45, 2.75) is 13.3 Å². The first-order valence-electron chi connectivity index (χ1n) is 5.56. The zero-order chi connectivity index (χ0) is 13.1. The van der Waals surface area contributed by atoms with Crippen molar-refractivity contribution in [3.8, 4) is 0 Å². The minimum Gasteiger partial charge on any atom is -0.383 e. The number of aromatic nitrogens is 1. The molecule has 2 N–H and O–H groups in total. The normalized spacial score (nSPS) is 10.3. The molecular weight excluding hydrogens is 231 g/mol. The van der Waals surface area contributed by atoms with Crippen LogP contribution in [0.25, 0.3) is 0 Å². The zero-order valence-electron chi connectivity index (χ0n) is 9.98. The van der Waals surface area contributed by atoms with Gasteiger partial charge in [0.15, 0.2) is 5.78 Å². The second kappa shape index (κ2) is 4.96. The highest BCUT2D eigenvalue weighted by molar-refractivity contribution is 5.98. The van der Waals surface area contributed by atoms with Crippen LogP contribution in [0.1, 0.15) is 21.5 Å². The Morgan fingerprint density at radius 2 is 2.17 bits per heavy atom. The average molecular weight is 244 g/mol. The molecule has 0 amide bonds. The van der Waals surface area contributed by atoms with Crippen molar-refractivity contribution in [2.24, 2.45) is 0 Å². The number of pyridine rings is 1. The third-order valence-corrected chi connectivity index (χ3v) is 2.70. The van der Waals surface area contributed by atoms with Gasteiger partial charge in [-0.1, -0.05) is 17.7 Å². The minimum atomic E-state index is -0.506. The lowest BCUT2D eigenvalue weighted by Crippen LogP contribution is -2.09. The smallest absolute Gasteiger partial charge is 0.170 e. The number of nitrogens with zero attached hydrogens (tertiary/aromatic N) is 1. The van der Waals surface area contributed by atoms with Gasteiger partial charge in [-0.25, -0.2) is 9.37 Å². The predicted molar refractivity (Wildman–Crippen MR) is 67.8 cm³/mol. The van der Waals surface area contributed by atoms with Gasteiger partial charge in [0.1, 0.15) is 11.6 Å². The maximum Gasteiger partial charge on any atom is 0.170 e. The highest BCUT2D eigenvalue weighted by Gasteiger charge is 2.14. The molecule has 0 aliphatic rings. The van der Waals surface area contributed by atoms with E-state index in [2.05, 4.69) is 4.98 Å². The van der Waals surface area contributed by atoms with E-state index in [1.807, 2.05) is 6.92 Å². The van der Waals surface area contributed by atoms with Gasteiger partial charge in [0.25, 0.3) is 0 Å². The van der Waals surface area contributed by atoms with Gasteiger partial charge in [-0.2, -0.15) is 0 Å². The van der Waals surface area contributed by atoms with Gasteiger partial charge in [0.2, 0.25) is 0 Å². The number of Topliss-reactive ketones (excluding diaryl/α,β-unsaturated/α-hetero) is 1. The molecule has 0 atom stereocenters. The highest BCUT2D eigenvalue weighted by Crippen LogP contribution is 2.15. The molecule has 0 aliphatic carbocycles. The van der Waals surface area contributed by atoms with Crippen LogP contribution in [0.15, 0.2) is 36.5 Å². The molecule has 18 heavy (non-hydrogen) atoms. The van der Waals surface area contributed by atoms with Crippen LogP contribution in [-0.4, -0.2) is 10.8 Å². The molecule has 0 bridgehead atoms. The van der Waals surface area contributed by atoms with Gasteiger partial charge in [0, 0.05) is 18.2 Å². The lowest BCUT2D eigenvalue weighted by atomic mass is 10.0. The number of anilines is 1. The molecule has 1 aromatic carbocycles. The fourth-order valence-electron chi connectivity index (χ4n) is 1.72.